The van der Waals surface area contributed by atoms with Gasteiger partial charge in [-0.15, -0.1) is 11.3 Å². The standard InChI is InChI=1S/C11H7BrCl3NS/c12-7-4-9(17-11(7)15)10(16)6-3-5(13)1-2-8(6)14/h1-4,10H,16H2. The molecule has 0 saturated heterocycles. The smallest absolute Gasteiger partial charge is 0.107 e. The summed E-state index contributed by atoms with van der Waals surface area (Å²) in [5, 5.41) is 1.21. The van der Waals surface area contributed by atoms with Crippen LogP contribution < -0.4 is 5.73 Å². The summed E-state index contributed by atoms with van der Waals surface area (Å²) >= 11 is 22.8. The highest BCUT2D eigenvalue weighted by Crippen LogP contribution is 2.38. The van der Waals surface area contributed by atoms with E-state index in [9.17, 15) is 0 Å². The molecule has 1 heterocycles. The monoisotopic (exact) mass is 369 g/mol. The van der Waals surface area contributed by atoms with Crippen molar-refractivity contribution in [2.45, 2.75) is 6.04 Å². The summed E-state index contributed by atoms with van der Waals surface area (Å²) in [5.41, 5.74) is 6.95. The first-order valence-electron chi connectivity index (χ1n) is 4.64. The molecule has 0 aliphatic rings. The molecule has 6 heteroatoms. The molecule has 0 aliphatic carbocycles. The van der Waals surface area contributed by atoms with Gasteiger partial charge in [-0.3, -0.25) is 0 Å². The van der Waals surface area contributed by atoms with Crippen molar-refractivity contribution in [2.24, 2.45) is 5.73 Å². The molecule has 0 saturated carbocycles. The average Bonchev–Trinajstić information content (AvgIpc) is 2.62. The summed E-state index contributed by atoms with van der Waals surface area (Å²) < 4.78 is 1.52. The molecule has 0 spiro atoms. The highest BCUT2D eigenvalue weighted by atomic mass is 79.9. The summed E-state index contributed by atoms with van der Waals surface area (Å²) in [6.45, 7) is 0. The van der Waals surface area contributed by atoms with E-state index in [0.717, 1.165) is 14.9 Å². The molecule has 2 N–H and O–H groups in total. The van der Waals surface area contributed by atoms with E-state index in [0.29, 0.717) is 14.4 Å². The van der Waals surface area contributed by atoms with Crippen molar-refractivity contribution in [2.75, 3.05) is 0 Å². The van der Waals surface area contributed by atoms with Crippen LogP contribution in [0.4, 0.5) is 0 Å². The Bertz CT molecular complexity index is 536. The van der Waals surface area contributed by atoms with Crippen molar-refractivity contribution >= 4 is 62.1 Å². The van der Waals surface area contributed by atoms with Gasteiger partial charge < -0.3 is 5.73 Å². The molecule has 0 bridgehead atoms. The summed E-state index contributed by atoms with van der Waals surface area (Å²) in [5.74, 6) is 0. The maximum absolute atomic E-state index is 6.16. The molecule has 1 unspecified atom stereocenters. The first kappa shape index (κ1) is 13.7. The van der Waals surface area contributed by atoms with Gasteiger partial charge in [-0.1, -0.05) is 34.8 Å². The van der Waals surface area contributed by atoms with Gasteiger partial charge in [-0.25, -0.2) is 0 Å². The summed E-state index contributed by atoms with van der Waals surface area (Å²) in [4.78, 5) is 0.936. The Kier molecular flexibility index (Phi) is 4.40. The molecular formula is C11H7BrCl3NS. The number of hydrogen-bond donors (Lipinski definition) is 1. The van der Waals surface area contributed by atoms with E-state index in [1.54, 1.807) is 18.2 Å². The zero-order chi connectivity index (χ0) is 12.6. The van der Waals surface area contributed by atoms with Crippen molar-refractivity contribution in [3.63, 3.8) is 0 Å². The van der Waals surface area contributed by atoms with E-state index in [2.05, 4.69) is 15.9 Å². The van der Waals surface area contributed by atoms with Crippen molar-refractivity contribution in [3.05, 3.63) is 53.6 Å². The van der Waals surface area contributed by atoms with Crippen LogP contribution in [0.15, 0.2) is 28.7 Å². The lowest BCUT2D eigenvalue weighted by atomic mass is 10.1. The number of halogens is 4. The van der Waals surface area contributed by atoms with E-state index >= 15 is 0 Å². The van der Waals surface area contributed by atoms with Crippen LogP contribution in [0.5, 0.6) is 0 Å². The molecule has 1 nitrogen and oxygen atoms in total. The zero-order valence-corrected chi connectivity index (χ0v) is 13.1. The highest BCUT2D eigenvalue weighted by molar-refractivity contribution is 9.10. The third kappa shape index (κ3) is 2.98. The molecule has 0 radical (unpaired) electrons. The van der Waals surface area contributed by atoms with Crippen LogP contribution in [-0.2, 0) is 0 Å². The Morgan fingerprint density at radius 3 is 2.47 bits per heavy atom. The summed E-state index contributed by atoms with van der Waals surface area (Å²) in [7, 11) is 0. The predicted molar refractivity (Wildman–Crippen MR) is 79.5 cm³/mol. The van der Waals surface area contributed by atoms with Crippen LogP contribution in [0.1, 0.15) is 16.5 Å². The second kappa shape index (κ2) is 5.47. The Morgan fingerprint density at radius 2 is 1.88 bits per heavy atom. The largest absolute Gasteiger partial charge is 0.320 e. The number of rotatable bonds is 2. The SMILES string of the molecule is NC(c1cc(Br)c(Cl)s1)c1cc(Cl)ccc1Cl. The van der Waals surface area contributed by atoms with Gasteiger partial charge in [0.05, 0.1) is 6.04 Å². The van der Waals surface area contributed by atoms with Crippen molar-refractivity contribution in [1.29, 1.82) is 0 Å². The quantitative estimate of drug-likeness (QED) is 0.739. The zero-order valence-electron chi connectivity index (χ0n) is 8.38. The lowest BCUT2D eigenvalue weighted by molar-refractivity contribution is 0.893. The lowest BCUT2D eigenvalue weighted by Crippen LogP contribution is -2.10. The second-order valence-corrected chi connectivity index (χ2v) is 6.80. The Labute approximate surface area is 127 Å². The van der Waals surface area contributed by atoms with E-state index in [1.165, 1.54) is 11.3 Å². The van der Waals surface area contributed by atoms with Crippen LogP contribution >= 0.6 is 62.1 Å². The third-order valence-electron chi connectivity index (χ3n) is 2.26. The Hall–Kier alpha value is 0.230. The fraction of sp³-hybridized carbons (Fsp3) is 0.0909. The molecule has 1 aromatic carbocycles. The van der Waals surface area contributed by atoms with Crippen LogP contribution in [-0.4, -0.2) is 0 Å². The fourth-order valence-electron chi connectivity index (χ4n) is 1.42. The fourth-order valence-corrected chi connectivity index (χ4v) is 3.60. The maximum atomic E-state index is 6.16. The predicted octanol–water partition coefficient (Wildman–Crippen LogP) is 5.52. The minimum Gasteiger partial charge on any atom is -0.320 e. The summed E-state index contributed by atoms with van der Waals surface area (Å²) in [6.07, 6.45) is 0. The number of benzene rings is 1. The van der Waals surface area contributed by atoms with Crippen LogP contribution in [0.2, 0.25) is 14.4 Å². The molecule has 17 heavy (non-hydrogen) atoms. The van der Waals surface area contributed by atoms with E-state index in [1.807, 2.05) is 6.07 Å². The van der Waals surface area contributed by atoms with Gasteiger partial charge in [-0.2, -0.15) is 0 Å². The topological polar surface area (TPSA) is 26.0 Å². The first-order chi connectivity index (χ1) is 7.99. The molecule has 1 aromatic heterocycles. The van der Waals surface area contributed by atoms with Gasteiger partial charge in [0, 0.05) is 19.4 Å². The molecule has 2 aromatic rings. The molecule has 2 rings (SSSR count). The minimum absolute atomic E-state index is 0.324. The van der Waals surface area contributed by atoms with Crippen LogP contribution in [0.3, 0.4) is 0 Å². The second-order valence-electron chi connectivity index (χ2n) is 3.41. The van der Waals surface area contributed by atoms with Crippen molar-refractivity contribution in [1.82, 2.24) is 0 Å². The van der Waals surface area contributed by atoms with Gasteiger partial charge in [0.2, 0.25) is 0 Å². The molecule has 0 fully saturated rings. The Balaban J connectivity index is 2.42. The van der Waals surface area contributed by atoms with Gasteiger partial charge in [0.1, 0.15) is 4.34 Å². The average molecular weight is 372 g/mol. The minimum atomic E-state index is -0.324. The first-order valence-corrected chi connectivity index (χ1v) is 7.38. The van der Waals surface area contributed by atoms with Crippen molar-refractivity contribution < 1.29 is 0 Å². The van der Waals surface area contributed by atoms with E-state index in [4.69, 9.17) is 40.5 Å². The molecule has 90 valence electrons. The van der Waals surface area contributed by atoms with E-state index in [-0.39, 0.29) is 6.04 Å². The molecular weight excluding hydrogens is 364 g/mol. The molecule has 0 amide bonds. The van der Waals surface area contributed by atoms with Crippen LogP contribution in [0, 0.1) is 0 Å². The van der Waals surface area contributed by atoms with Gasteiger partial charge in [0.15, 0.2) is 0 Å². The molecule has 0 aliphatic heterocycles. The number of nitrogens with two attached hydrogens (primary N) is 1. The highest BCUT2D eigenvalue weighted by Gasteiger charge is 2.16. The van der Waals surface area contributed by atoms with Gasteiger partial charge in [0.25, 0.3) is 0 Å². The van der Waals surface area contributed by atoms with Gasteiger partial charge >= 0.3 is 0 Å². The lowest BCUT2D eigenvalue weighted by Gasteiger charge is -2.12. The third-order valence-corrected chi connectivity index (χ3v) is 5.40. The van der Waals surface area contributed by atoms with Crippen LogP contribution in [0.25, 0.3) is 0 Å². The normalized spacial score (nSPS) is 12.8. The van der Waals surface area contributed by atoms with E-state index < -0.39 is 0 Å². The molecule has 1 atom stereocenters. The number of thiophene rings is 1. The Morgan fingerprint density at radius 1 is 1.18 bits per heavy atom. The van der Waals surface area contributed by atoms with Gasteiger partial charge in [-0.05, 0) is 45.8 Å². The maximum Gasteiger partial charge on any atom is 0.107 e. The number of hydrogen-bond acceptors (Lipinski definition) is 2. The van der Waals surface area contributed by atoms with Crippen molar-refractivity contribution in [3.8, 4) is 0 Å². The summed E-state index contributed by atoms with van der Waals surface area (Å²) in [6, 6.07) is 6.82.